The number of esters is 2. The normalized spacial score (nSPS) is 30.8. The van der Waals surface area contributed by atoms with Crippen LogP contribution in [0.1, 0.15) is 119 Å². The van der Waals surface area contributed by atoms with Gasteiger partial charge in [-0.25, -0.2) is 0 Å². The van der Waals surface area contributed by atoms with Crippen LogP contribution in [-0.2, 0) is 19.1 Å². The van der Waals surface area contributed by atoms with Crippen LogP contribution >= 0.6 is 0 Å². The lowest BCUT2D eigenvalue weighted by atomic mass is 9.42. The molecule has 0 radical (unpaired) electrons. The molecule has 4 nitrogen and oxygen atoms in total. The lowest BCUT2D eigenvalue weighted by molar-refractivity contribution is -0.200. The largest absolute Gasteiger partial charge is 0.465 e. The van der Waals surface area contributed by atoms with Crippen LogP contribution in [0.25, 0.3) is 0 Å². The molecule has 3 aliphatic rings. The second kappa shape index (κ2) is 12.6. The van der Waals surface area contributed by atoms with Gasteiger partial charge in [-0.15, -0.1) is 0 Å². The zero-order valence-corrected chi connectivity index (χ0v) is 22.7. The number of carbonyl (C=O) groups is 2. The minimum atomic E-state index is -0.384. The molecule has 0 spiro atoms. The molecule has 0 aromatic heterocycles. The Morgan fingerprint density at radius 3 is 1.76 bits per heavy atom. The van der Waals surface area contributed by atoms with E-state index in [1.54, 1.807) is 0 Å². The fraction of sp³-hybridized carbons (Fsp3) is 0.931. The summed E-state index contributed by atoms with van der Waals surface area (Å²) in [6, 6.07) is 0. The second-order valence-corrected chi connectivity index (χ2v) is 11.7. The maximum Gasteiger partial charge on any atom is 0.310 e. The first-order valence-electron chi connectivity index (χ1n) is 14.0. The van der Waals surface area contributed by atoms with Gasteiger partial charge in [-0.1, -0.05) is 80.6 Å². The Kier molecular flexibility index (Phi) is 10.7. The van der Waals surface area contributed by atoms with E-state index in [-0.39, 0.29) is 34.6 Å². The van der Waals surface area contributed by atoms with Gasteiger partial charge in [0.2, 0.25) is 0 Å². The third kappa shape index (κ3) is 6.34. The van der Waals surface area contributed by atoms with Gasteiger partial charge < -0.3 is 9.47 Å². The molecule has 4 heteroatoms. The fourth-order valence-electron chi connectivity index (χ4n) is 6.66. The summed E-state index contributed by atoms with van der Waals surface area (Å²) >= 11 is 0. The van der Waals surface area contributed by atoms with E-state index >= 15 is 0 Å². The summed E-state index contributed by atoms with van der Waals surface area (Å²) in [6.07, 6.45) is 11.6. The van der Waals surface area contributed by atoms with E-state index in [0.29, 0.717) is 31.0 Å². The Bertz CT molecular complexity index is 617. The summed E-state index contributed by atoms with van der Waals surface area (Å²) < 4.78 is 12.0. The Morgan fingerprint density at radius 2 is 1.30 bits per heavy atom. The summed E-state index contributed by atoms with van der Waals surface area (Å²) in [7, 11) is 0. The SMILES string of the molecule is CCCCC(CC)COC(=O)[C@@H]1[C@@H](C(=O)OCC(CC)CCC)C2(C)CCC1(C(C)C)CC2. The molecule has 0 aliphatic heterocycles. The lowest BCUT2D eigenvalue weighted by Gasteiger charge is -2.61. The highest BCUT2D eigenvalue weighted by Gasteiger charge is 2.65. The minimum absolute atomic E-state index is 0.146. The molecular formula is C29H52O4. The molecule has 0 amide bonds. The molecule has 2 unspecified atom stereocenters. The van der Waals surface area contributed by atoms with E-state index < -0.39 is 0 Å². The Morgan fingerprint density at radius 1 is 0.788 bits per heavy atom. The standard InChI is InChI=1S/C29H52O4/c1-8-12-14-23(11-4)20-33-27(31)25-24(26(30)32-19-22(10-3)13-9-2)28(7)15-17-29(25,18-16-28)21(5)6/h21-25H,8-20H2,1-7H3/t22?,23?,24-,25-,28?,29?/m0/s1. The van der Waals surface area contributed by atoms with Crippen molar-refractivity contribution in [1.82, 2.24) is 0 Å². The highest BCUT2D eigenvalue weighted by molar-refractivity contribution is 5.84. The Labute approximate surface area is 203 Å². The van der Waals surface area contributed by atoms with Crippen LogP contribution in [0.2, 0.25) is 0 Å². The van der Waals surface area contributed by atoms with Gasteiger partial charge >= 0.3 is 11.9 Å². The molecule has 192 valence electrons. The minimum Gasteiger partial charge on any atom is -0.465 e. The molecule has 0 aromatic rings. The average molecular weight is 465 g/mol. The Balaban J connectivity index is 2.25. The van der Waals surface area contributed by atoms with Crippen LogP contribution in [0.5, 0.6) is 0 Å². The molecule has 4 atom stereocenters. The summed E-state index contributed by atoms with van der Waals surface area (Å²) in [5, 5.41) is 0. The maximum atomic E-state index is 13.7. The molecule has 3 rings (SSSR count). The molecule has 3 fully saturated rings. The van der Waals surface area contributed by atoms with Crippen LogP contribution in [0.3, 0.4) is 0 Å². The Hall–Kier alpha value is -1.06. The number of hydrogen-bond acceptors (Lipinski definition) is 4. The van der Waals surface area contributed by atoms with Crippen molar-refractivity contribution in [2.75, 3.05) is 13.2 Å². The number of unbranched alkanes of at least 4 members (excludes halogenated alkanes) is 1. The second-order valence-electron chi connectivity index (χ2n) is 11.7. The number of carbonyl (C=O) groups excluding carboxylic acids is 2. The number of fused-ring (bicyclic) bond motifs is 3. The smallest absolute Gasteiger partial charge is 0.310 e. The predicted octanol–water partition coefficient (Wildman–Crippen LogP) is 7.58. The van der Waals surface area contributed by atoms with E-state index in [1.165, 1.54) is 6.42 Å². The van der Waals surface area contributed by atoms with Crippen LogP contribution in [-0.4, -0.2) is 25.2 Å². The number of hydrogen-bond donors (Lipinski definition) is 0. The average Bonchev–Trinajstić information content (AvgIpc) is 2.81. The molecule has 0 N–H and O–H groups in total. The van der Waals surface area contributed by atoms with Crippen molar-refractivity contribution in [2.24, 2.45) is 40.4 Å². The summed E-state index contributed by atoms with van der Waals surface area (Å²) in [4.78, 5) is 27.3. The summed E-state index contributed by atoms with van der Waals surface area (Å²) in [6.45, 7) is 16.3. The number of ether oxygens (including phenoxy) is 2. The van der Waals surface area contributed by atoms with Crippen LogP contribution in [0.15, 0.2) is 0 Å². The van der Waals surface area contributed by atoms with Crippen molar-refractivity contribution in [2.45, 2.75) is 119 Å². The van der Waals surface area contributed by atoms with Crippen LogP contribution < -0.4 is 0 Å². The van der Waals surface area contributed by atoms with E-state index in [4.69, 9.17) is 9.47 Å². The molecule has 3 aliphatic carbocycles. The first kappa shape index (κ1) is 28.2. The quantitative estimate of drug-likeness (QED) is 0.249. The summed E-state index contributed by atoms with van der Waals surface area (Å²) in [5.74, 6) is 0.0760. The van der Waals surface area contributed by atoms with Crippen molar-refractivity contribution in [3.63, 3.8) is 0 Å². The fourth-order valence-corrected chi connectivity index (χ4v) is 6.66. The van der Waals surface area contributed by atoms with Gasteiger partial charge in [0.25, 0.3) is 0 Å². The molecule has 33 heavy (non-hydrogen) atoms. The highest BCUT2D eigenvalue weighted by Crippen LogP contribution is 2.65. The molecule has 2 bridgehead atoms. The van der Waals surface area contributed by atoms with Gasteiger partial charge in [-0.2, -0.15) is 0 Å². The first-order chi connectivity index (χ1) is 15.7. The predicted molar refractivity (Wildman–Crippen MR) is 135 cm³/mol. The lowest BCUT2D eigenvalue weighted by Crippen LogP contribution is -2.60. The van der Waals surface area contributed by atoms with Gasteiger partial charge in [0.15, 0.2) is 0 Å². The third-order valence-electron chi connectivity index (χ3n) is 9.42. The molecule has 3 saturated carbocycles. The molecule has 0 heterocycles. The van der Waals surface area contributed by atoms with E-state index in [2.05, 4.69) is 48.5 Å². The topological polar surface area (TPSA) is 52.6 Å². The summed E-state index contributed by atoms with van der Waals surface area (Å²) in [5.41, 5.74) is -0.326. The van der Waals surface area contributed by atoms with E-state index in [9.17, 15) is 9.59 Å². The van der Waals surface area contributed by atoms with E-state index in [0.717, 1.165) is 64.2 Å². The highest BCUT2D eigenvalue weighted by atomic mass is 16.5. The molecule has 0 aromatic carbocycles. The van der Waals surface area contributed by atoms with Crippen molar-refractivity contribution >= 4 is 11.9 Å². The zero-order chi connectivity index (χ0) is 24.6. The van der Waals surface area contributed by atoms with Gasteiger partial charge in [-0.3, -0.25) is 9.59 Å². The molecular weight excluding hydrogens is 412 g/mol. The number of rotatable bonds is 14. The third-order valence-corrected chi connectivity index (χ3v) is 9.42. The van der Waals surface area contributed by atoms with E-state index in [1.807, 2.05) is 0 Å². The van der Waals surface area contributed by atoms with Gasteiger partial charge in [0, 0.05) is 0 Å². The van der Waals surface area contributed by atoms with Gasteiger partial charge in [-0.05, 0) is 67.1 Å². The van der Waals surface area contributed by atoms with Crippen molar-refractivity contribution in [3.8, 4) is 0 Å². The van der Waals surface area contributed by atoms with Crippen LogP contribution in [0.4, 0.5) is 0 Å². The first-order valence-corrected chi connectivity index (χ1v) is 14.0. The van der Waals surface area contributed by atoms with Crippen LogP contribution in [0, 0.1) is 40.4 Å². The van der Waals surface area contributed by atoms with Crippen molar-refractivity contribution in [3.05, 3.63) is 0 Å². The van der Waals surface area contributed by atoms with Crippen molar-refractivity contribution < 1.29 is 19.1 Å². The van der Waals surface area contributed by atoms with Gasteiger partial charge in [0.1, 0.15) is 0 Å². The zero-order valence-electron chi connectivity index (χ0n) is 22.7. The van der Waals surface area contributed by atoms with Gasteiger partial charge in [0.05, 0.1) is 25.0 Å². The molecule has 0 saturated heterocycles. The van der Waals surface area contributed by atoms with Crippen molar-refractivity contribution in [1.29, 1.82) is 0 Å². The maximum absolute atomic E-state index is 13.7. The monoisotopic (exact) mass is 464 g/mol.